The number of ether oxygens (including phenoxy) is 1. The van der Waals surface area contributed by atoms with Crippen LogP contribution in [0.2, 0.25) is 0 Å². The number of alkyl carbamates (subject to hydrolysis) is 1. The monoisotopic (exact) mass is 361 g/mol. The zero-order valence-corrected chi connectivity index (χ0v) is 16.0. The SMILES string of the molecule is CCc1c(C#N)c(N(C)CCNC(=O)OC(C)(C)C)[nH]c(=S)c1C#N. The van der Waals surface area contributed by atoms with Gasteiger partial charge in [0.2, 0.25) is 0 Å². The second kappa shape index (κ2) is 8.50. The maximum Gasteiger partial charge on any atom is 0.407 e. The van der Waals surface area contributed by atoms with Crippen LogP contribution in [0.1, 0.15) is 44.4 Å². The molecule has 1 aromatic heterocycles. The van der Waals surface area contributed by atoms with Crippen LogP contribution in [0.4, 0.5) is 10.6 Å². The number of nitriles is 2. The molecular weight excluding hydrogens is 338 g/mol. The molecule has 1 aromatic rings. The van der Waals surface area contributed by atoms with Crippen molar-refractivity contribution in [3.63, 3.8) is 0 Å². The Labute approximate surface area is 153 Å². The number of carbonyl (C=O) groups excluding carboxylic acids is 1. The van der Waals surface area contributed by atoms with Crippen LogP contribution in [-0.4, -0.2) is 36.8 Å². The van der Waals surface area contributed by atoms with Gasteiger partial charge >= 0.3 is 6.09 Å². The fourth-order valence-electron chi connectivity index (χ4n) is 2.27. The zero-order valence-electron chi connectivity index (χ0n) is 15.2. The fraction of sp³-hybridized carbons (Fsp3) is 0.529. The van der Waals surface area contributed by atoms with Gasteiger partial charge in [0.05, 0.1) is 11.1 Å². The Morgan fingerprint density at radius 2 is 1.92 bits per heavy atom. The third kappa shape index (κ3) is 5.47. The summed E-state index contributed by atoms with van der Waals surface area (Å²) in [5.74, 6) is 0.536. The molecule has 1 rings (SSSR count). The third-order valence-electron chi connectivity index (χ3n) is 3.37. The summed E-state index contributed by atoms with van der Waals surface area (Å²) in [4.78, 5) is 16.4. The number of nitrogens with one attached hydrogen (secondary N) is 2. The minimum atomic E-state index is -0.557. The molecule has 8 heteroatoms. The van der Waals surface area contributed by atoms with Crippen LogP contribution in [0, 0.1) is 27.3 Å². The highest BCUT2D eigenvalue weighted by Gasteiger charge is 2.18. The predicted octanol–water partition coefficient (Wildman–Crippen LogP) is 3.01. The van der Waals surface area contributed by atoms with Gasteiger partial charge in [0.25, 0.3) is 0 Å². The Balaban J connectivity index is 2.93. The van der Waals surface area contributed by atoms with Crippen LogP contribution >= 0.6 is 12.2 Å². The smallest absolute Gasteiger partial charge is 0.407 e. The second-order valence-corrected chi connectivity index (χ2v) is 6.87. The van der Waals surface area contributed by atoms with Crippen molar-refractivity contribution < 1.29 is 9.53 Å². The molecule has 25 heavy (non-hydrogen) atoms. The molecule has 0 saturated heterocycles. The molecule has 0 bridgehead atoms. The zero-order chi connectivity index (χ0) is 19.2. The first kappa shape index (κ1) is 20.5. The summed E-state index contributed by atoms with van der Waals surface area (Å²) in [6.07, 6.45) is 0.0320. The summed E-state index contributed by atoms with van der Waals surface area (Å²) in [6, 6.07) is 4.20. The molecule has 0 radical (unpaired) electrons. The van der Waals surface area contributed by atoms with Gasteiger partial charge in [0.15, 0.2) is 0 Å². The quantitative estimate of drug-likeness (QED) is 0.781. The Morgan fingerprint density at radius 1 is 1.32 bits per heavy atom. The molecule has 0 aliphatic rings. The number of hydrogen-bond acceptors (Lipinski definition) is 6. The summed E-state index contributed by atoms with van der Waals surface area (Å²) < 4.78 is 5.48. The standard InChI is InChI=1S/C17H23N5O2S/c1-6-11-12(9-18)14(21-15(25)13(11)10-19)22(5)8-7-20-16(23)24-17(2,3)4/h6-8H2,1-5H3,(H,20,23)(H,21,25). The van der Waals surface area contributed by atoms with E-state index in [-0.39, 0.29) is 0 Å². The molecule has 0 aliphatic carbocycles. The highest BCUT2D eigenvalue weighted by Crippen LogP contribution is 2.24. The van der Waals surface area contributed by atoms with E-state index in [1.54, 1.807) is 32.7 Å². The predicted molar refractivity (Wildman–Crippen MR) is 97.9 cm³/mol. The number of H-pyrrole nitrogens is 1. The highest BCUT2D eigenvalue weighted by molar-refractivity contribution is 7.71. The number of likely N-dealkylation sites (N-methyl/N-ethyl adjacent to an activating group) is 1. The maximum atomic E-state index is 11.7. The first-order valence-electron chi connectivity index (χ1n) is 7.91. The van der Waals surface area contributed by atoms with Crippen LogP contribution in [0.15, 0.2) is 0 Å². The number of nitrogens with zero attached hydrogens (tertiary/aromatic N) is 3. The molecule has 0 spiro atoms. The van der Waals surface area contributed by atoms with Crippen molar-refractivity contribution in [1.82, 2.24) is 10.3 Å². The lowest BCUT2D eigenvalue weighted by atomic mass is 10.0. The summed E-state index contributed by atoms with van der Waals surface area (Å²) >= 11 is 5.23. The molecule has 1 amide bonds. The van der Waals surface area contributed by atoms with E-state index in [1.807, 2.05) is 6.92 Å². The van der Waals surface area contributed by atoms with E-state index in [0.717, 1.165) is 0 Å². The number of hydrogen-bond donors (Lipinski definition) is 2. The number of aromatic nitrogens is 1. The van der Waals surface area contributed by atoms with E-state index < -0.39 is 11.7 Å². The third-order valence-corrected chi connectivity index (χ3v) is 3.68. The van der Waals surface area contributed by atoms with Gasteiger partial charge in [-0.2, -0.15) is 10.5 Å². The average Bonchev–Trinajstić information content (AvgIpc) is 2.51. The van der Waals surface area contributed by atoms with E-state index in [9.17, 15) is 15.3 Å². The Bertz CT molecular complexity index is 780. The normalized spacial score (nSPS) is 10.5. The van der Waals surface area contributed by atoms with Crippen molar-refractivity contribution in [1.29, 1.82) is 10.5 Å². The van der Waals surface area contributed by atoms with E-state index in [4.69, 9.17) is 17.0 Å². The van der Waals surface area contributed by atoms with Crippen molar-refractivity contribution in [2.24, 2.45) is 0 Å². The summed E-state index contributed by atoms with van der Waals surface area (Å²) in [6.45, 7) is 8.02. The average molecular weight is 361 g/mol. The number of rotatable bonds is 5. The highest BCUT2D eigenvalue weighted by atomic mass is 32.1. The minimum Gasteiger partial charge on any atom is -0.444 e. The number of anilines is 1. The summed E-state index contributed by atoms with van der Waals surface area (Å²) in [7, 11) is 1.78. The first-order chi connectivity index (χ1) is 11.6. The summed E-state index contributed by atoms with van der Waals surface area (Å²) in [5, 5.41) is 21.4. The molecule has 0 aromatic carbocycles. The Hall–Kier alpha value is -2.58. The maximum absolute atomic E-state index is 11.7. The van der Waals surface area contributed by atoms with Crippen LogP contribution in [-0.2, 0) is 11.2 Å². The van der Waals surface area contributed by atoms with Gasteiger partial charge in [-0.05, 0) is 32.8 Å². The van der Waals surface area contributed by atoms with Crippen molar-refractivity contribution in [3.05, 3.63) is 21.3 Å². The molecule has 2 N–H and O–H groups in total. The topological polar surface area (TPSA) is 105 Å². The lowest BCUT2D eigenvalue weighted by molar-refractivity contribution is 0.0529. The van der Waals surface area contributed by atoms with Gasteiger partial charge in [-0.25, -0.2) is 4.79 Å². The van der Waals surface area contributed by atoms with Crippen molar-refractivity contribution in [3.8, 4) is 12.1 Å². The van der Waals surface area contributed by atoms with Crippen molar-refractivity contribution in [2.45, 2.75) is 39.7 Å². The molecule has 7 nitrogen and oxygen atoms in total. The number of pyridine rings is 1. The van der Waals surface area contributed by atoms with Crippen molar-refractivity contribution in [2.75, 3.05) is 25.0 Å². The molecule has 0 saturated carbocycles. The molecule has 0 aliphatic heterocycles. The number of aromatic amines is 1. The van der Waals surface area contributed by atoms with Gasteiger partial charge in [0, 0.05) is 20.1 Å². The van der Waals surface area contributed by atoms with Gasteiger partial charge in [-0.3, -0.25) is 0 Å². The van der Waals surface area contributed by atoms with Gasteiger partial charge in [-0.1, -0.05) is 19.1 Å². The van der Waals surface area contributed by atoms with E-state index in [1.165, 1.54) is 0 Å². The van der Waals surface area contributed by atoms with Crippen LogP contribution < -0.4 is 10.2 Å². The molecule has 0 atom stereocenters. The minimum absolute atomic E-state index is 0.306. The molecule has 1 heterocycles. The lowest BCUT2D eigenvalue weighted by Crippen LogP contribution is -2.37. The van der Waals surface area contributed by atoms with Crippen LogP contribution in [0.5, 0.6) is 0 Å². The van der Waals surface area contributed by atoms with Crippen LogP contribution in [0.25, 0.3) is 0 Å². The van der Waals surface area contributed by atoms with Crippen LogP contribution in [0.3, 0.4) is 0 Å². The summed E-state index contributed by atoms with van der Waals surface area (Å²) in [5.41, 5.74) is 0.805. The molecular formula is C17H23N5O2S. The Morgan fingerprint density at radius 3 is 2.40 bits per heavy atom. The molecule has 0 unspecified atom stereocenters. The molecule has 0 fully saturated rings. The number of carbonyl (C=O) groups is 1. The Kier molecular flexibility index (Phi) is 6.96. The van der Waals surface area contributed by atoms with E-state index in [2.05, 4.69) is 22.4 Å². The molecule has 134 valence electrons. The van der Waals surface area contributed by atoms with E-state index >= 15 is 0 Å². The van der Waals surface area contributed by atoms with Gasteiger partial charge in [-0.15, -0.1) is 0 Å². The second-order valence-electron chi connectivity index (χ2n) is 6.46. The van der Waals surface area contributed by atoms with E-state index in [0.29, 0.717) is 46.7 Å². The number of amides is 1. The lowest BCUT2D eigenvalue weighted by Gasteiger charge is -2.23. The van der Waals surface area contributed by atoms with Gasteiger partial charge in [0.1, 0.15) is 28.2 Å². The van der Waals surface area contributed by atoms with Crippen molar-refractivity contribution >= 4 is 24.1 Å². The fourth-order valence-corrected chi connectivity index (χ4v) is 2.53. The largest absolute Gasteiger partial charge is 0.444 e. The van der Waals surface area contributed by atoms with Gasteiger partial charge < -0.3 is 19.9 Å². The first-order valence-corrected chi connectivity index (χ1v) is 8.32.